The van der Waals surface area contributed by atoms with Crippen molar-refractivity contribution in [2.75, 3.05) is 0 Å². The molecule has 0 heterocycles. The van der Waals surface area contributed by atoms with Crippen LogP contribution in [0.15, 0.2) is 60.7 Å². The van der Waals surface area contributed by atoms with E-state index in [4.69, 9.17) is 0 Å². The summed E-state index contributed by atoms with van der Waals surface area (Å²) in [6.07, 6.45) is 0. The summed E-state index contributed by atoms with van der Waals surface area (Å²) in [5, 5.41) is 0. The molecule has 214 valence electrons. The lowest BCUT2D eigenvalue weighted by atomic mass is 9.31. The molecule has 4 aromatic rings. The summed E-state index contributed by atoms with van der Waals surface area (Å²) in [6, 6.07) is 15.3. The largest absolute Gasteiger partial charge is 0.233 e. The first-order chi connectivity index (χ1) is 19.2. The van der Waals surface area contributed by atoms with Crippen LogP contribution in [-0.2, 0) is 0 Å². The average Bonchev–Trinajstić information content (AvgIpc) is 2.95. The van der Waals surface area contributed by atoms with Gasteiger partial charge in [0.05, 0.1) is 8.07 Å². The molecule has 4 aromatic carbocycles. The molecule has 0 fully saturated rings. The van der Waals surface area contributed by atoms with Gasteiger partial charge in [0, 0.05) is 10.9 Å². The van der Waals surface area contributed by atoms with Gasteiger partial charge < -0.3 is 0 Å². The summed E-state index contributed by atoms with van der Waals surface area (Å²) >= 11 is 0. The molecule has 0 saturated carbocycles. The topological polar surface area (TPSA) is 0 Å². The molecule has 0 aliphatic rings. The molecule has 0 aliphatic heterocycles. The Hall–Kier alpha value is -3.54. The van der Waals surface area contributed by atoms with Gasteiger partial charge in [0.15, 0.2) is 58.2 Å². The second-order valence-electron chi connectivity index (χ2n) is 10.6. The van der Waals surface area contributed by atoms with Crippen LogP contribution in [0.5, 0.6) is 0 Å². The zero-order chi connectivity index (χ0) is 30.4. The third kappa shape index (κ3) is 5.29. The molecule has 0 N–H and O–H groups in total. The van der Waals surface area contributed by atoms with Crippen LogP contribution >= 0.6 is 0 Å². The number of halogens is 10. The number of benzene rings is 4. The van der Waals surface area contributed by atoms with E-state index in [1.807, 2.05) is 0 Å². The molecular weight excluding hydrogens is 577 g/mol. The Kier molecular flexibility index (Phi) is 8.45. The Morgan fingerprint density at radius 3 is 1.05 bits per heavy atom. The molecule has 0 amide bonds. The van der Waals surface area contributed by atoms with Crippen molar-refractivity contribution in [1.29, 1.82) is 0 Å². The standard InChI is InChI=1S/C29H21BF10Si/c1-41(2,3)29(15-12-8-5-9-13-15)16(14-10-6-4-7-11-14)30(17-19(31)23(35)27(39)24(36)20(17)32)18-21(33)25(37)28(40)26(38)22(18)34/h4-13,16,29H,1-3H3/t16-,29+/m0/s1. The lowest BCUT2D eigenvalue weighted by Gasteiger charge is -2.40. The highest BCUT2D eigenvalue weighted by atomic mass is 28.3. The first-order valence-corrected chi connectivity index (χ1v) is 15.9. The minimum Gasteiger partial charge on any atom is -0.204 e. The highest BCUT2D eigenvalue weighted by molar-refractivity contribution is 6.89. The van der Waals surface area contributed by atoms with E-state index in [0.29, 0.717) is 5.56 Å². The van der Waals surface area contributed by atoms with Gasteiger partial charge >= 0.3 is 0 Å². The third-order valence-corrected chi connectivity index (χ3v) is 9.66. The number of hydrogen-bond donors (Lipinski definition) is 0. The quantitative estimate of drug-likeness (QED) is 0.0887. The van der Waals surface area contributed by atoms with Crippen LogP contribution < -0.4 is 10.9 Å². The fourth-order valence-electron chi connectivity index (χ4n) is 5.45. The van der Waals surface area contributed by atoms with Crippen LogP contribution in [-0.4, -0.2) is 14.8 Å². The molecule has 2 atom stereocenters. The van der Waals surface area contributed by atoms with Crippen LogP contribution in [0.2, 0.25) is 19.6 Å². The molecule has 0 aliphatic carbocycles. The van der Waals surface area contributed by atoms with Crippen molar-refractivity contribution in [3.63, 3.8) is 0 Å². The van der Waals surface area contributed by atoms with Gasteiger partial charge in [-0.25, -0.2) is 43.9 Å². The minimum atomic E-state index is -2.76. The lowest BCUT2D eigenvalue weighted by Crippen LogP contribution is -2.58. The summed E-state index contributed by atoms with van der Waals surface area (Å²) < 4.78 is 149. The summed E-state index contributed by atoms with van der Waals surface area (Å²) in [4.78, 5) is 0. The predicted octanol–water partition coefficient (Wildman–Crippen LogP) is 7.67. The summed E-state index contributed by atoms with van der Waals surface area (Å²) in [5.41, 5.74) is -3.74. The van der Waals surface area contributed by atoms with Gasteiger partial charge in [-0.2, -0.15) is 0 Å². The van der Waals surface area contributed by atoms with Gasteiger partial charge in [0.2, 0.25) is 6.71 Å². The minimum absolute atomic E-state index is 0.113. The van der Waals surface area contributed by atoms with Gasteiger partial charge in [0.1, 0.15) is 0 Å². The Morgan fingerprint density at radius 2 is 0.732 bits per heavy atom. The molecule has 41 heavy (non-hydrogen) atoms. The fourth-order valence-corrected chi connectivity index (χ4v) is 8.11. The second kappa shape index (κ2) is 11.4. The van der Waals surface area contributed by atoms with Gasteiger partial charge in [-0.15, -0.1) is 0 Å². The van der Waals surface area contributed by atoms with E-state index in [9.17, 15) is 26.3 Å². The van der Waals surface area contributed by atoms with Gasteiger partial charge in [-0.05, 0) is 16.9 Å². The molecule has 0 nitrogen and oxygen atoms in total. The zero-order valence-corrected chi connectivity index (χ0v) is 22.8. The van der Waals surface area contributed by atoms with Crippen molar-refractivity contribution >= 4 is 25.7 Å². The highest BCUT2D eigenvalue weighted by Crippen LogP contribution is 2.42. The first kappa shape index (κ1) is 30.4. The maximum absolute atomic E-state index is 15.5. The summed E-state index contributed by atoms with van der Waals surface area (Å²) in [6.45, 7) is 2.81. The van der Waals surface area contributed by atoms with Crippen LogP contribution in [0.4, 0.5) is 43.9 Å². The van der Waals surface area contributed by atoms with Crippen molar-refractivity contribution in [3.8, 4) is 0 Å². The Labute approximate surface area is 230 Å². The summed E-state index contributed by atoms with van der Waals surface area (Å²) in [7, 11) is -2.76. The molecule has 4 rings (SSSR count). The molecule has 12 heteroatoms. The Bertz CT molecular complexity index is 1460. The third-order valence-electron chi connectivity index (χ3n) is 7.10. The van der Waals surface area contributed by atoms with Crippen molar-refractivity contribution in [1.82, 2.24) is 0 Å². The molecule has 0 bridgehead atoms. The SMILES string of the molecule is C[Si](C)(C)[C@H](c1ccccc1)[C@@H](B(c1c(F)c(F)c(F)c(F)c1F)c1c(F)c(F)c(F)c(F)c1F)c1ccccc1. The molecular formula is C29H21BF10Si. The first-order valence-electron chi connectivity index (χ1n) is 12.3. The Balaban J connectivity index is 2.27. The normalized spacial score (nSPS) is 13.3. The van der Waals surface area contributed by atoms with E-state index in [-0.39, 0.29) is 5.56 Å². The summed E-state index contributed by atoms with van der Waals surface area (Å²) in [5.74, 6) is -26.1. The van der Waals surface area contributed by atoms with E-state index in [2.05, 4.69) is 0 Å². The fraction of sp³-hybridized carbons (Fsp3) is 0.172. The van der Waals surface area contributed by atoms with Crippen LogP contribution in [0.25, 0.3) is 0 Å². The molecule has 0 spiro atoms. The maximum Gasteiger partial charge on any atom is 0.233 e. The van der Waals surface area contributed by atoms with E-state index in [0.717, 1.165) is 0 Å². The van der Waals surface area contributed by atoms with Crippen LogP contribution in [0.1, 0.15) is 22.5 Å². The van der Waals surface area contributed by atoms with Crippen molar-refractivity contribution < 1.29 is 43.9 Å². The zero-order valence-electron chi connectivity index (χ0n) is 21.8. The van der Waals surface area contributed by atoms with Gasteiger partial charge in [-0.1, -0.05) is 85.9 Å². The van der Waals surface area contributed by atoms with Crippen LogP contribution in [0.3, 0.4) is 0 Å². The Morgan fingerprint density at radius 1 is 0.439 bits per heavy atom. The smallest absolute Gasteiger partial charge is 0.204 e. The maximum atomic E-state index is 15.5. The van der Waals surface area contributed by atoms with E-state index in [1.165, 1.54) is 24.3 Å². The average molecular weight is 598 g/mol. The van der Waals surface area contributed by atoms with E-state index < -0.39 is 95.2 Å². The van der Waals surface area contributed by atoms with E-state index >= 15 is 17.6 Å². The van der Waals surface area contributed by atoms with Gasteiger partial charge in [-0.3, -0.25) is 0 Å². The molecule has 0 saturated heterocycles. The lowest BCUT2D eigenvalue weighted by molar-refractivity contribution is 0.381. The molecule has 0 unspecified atom stereocenters. The second-order valence-corrected chi connectivity index (χ2v) is 16.0. The predicted molar refractivity (Wildman–Crippen MR) is 139 cm³/mol. The van der Waals surface area contributed by atoms with Gasteiger partial charge in [0.25, 0.3) is 0 Å². The molecule has 0 radical (unpaired) electrons. The number of hydrogen-bond acceptors (Lipinski definition) is 0. The monoisotopic (exact) mass is 598 g/mol. The van der Waals surface area contributed by atoms with Crippen molar-refractivity contribution in [2.24, 2.45) is 0 Å². The highest BCUT2D eigenvalue weighted by Gasteiger charge is 2.49. The van der Waals surface area contributed by atoms with E-state index in [1.54, 1.807) is 56.0 Å². The molecule has 0 aromatic heterocycles. The number of rotatable bonds is 7. The van der Waals surface area contributed by atoms with Crippen LogP contribution in [0, 0.1) is 58.2 Å². The van der Waals surface area contributed by atoms with Crippen molar-refractivity contribution in [2.45, 2.75) is 31.0 Å². The van der Waals surface area contributed by atoms with Crippen molar-refractivity contribution in [3.05, 3.63) is 130 Å².